The third kappa shape index (κ3) is 1.93. The van der Waals surface area contributed by atoms with Gasteiger partial charge in [-0.2, -0.15) is 0 Å². The molecule has 5 heteroatoms. The Morgan fingerprint density at radius 3 is 3.00 bits per heavy atom. The van der Waals surface area contributed by atoms with Gasteiger partial charge >= 0.3 is 0 Å². The Labute approximate surface area is 113 Å². The molecule has 1 aliphatic heterocycles. The summed E-state index contributed by atoms with van der Waals surface area (Å²) < 4.78 is 2.05. The second kappa shape index (κ2) is 4.72. The molecular formula is C14H21N5. The highest BCUT2D eigenvalue weighted by molar-refractivity contribution is 5.68. The third-order valence-electron chi connectivity index (χ3n) is 4.11. The zero-order valence-corrected chi connectivity index (χ0v) is 11.8. The van der Waals surface area contributed by atoms with E-state index in [-0.39, 0.29) is 0 Å². The van der Waals surface area contributed by atoms with Gasteiger partial charge in [-0.3, -0.25) is 0 Å². The number of anilines is 2. The topological polar surface area (TPSA) is 45.5 Å². The first-order chi connectivity index (χ1) is 9.24. The summed E-state index contributed by atoms with van der Waals surface area (Å²) >= 11 is 0. The number of hydrogen-bond acceptors (Lipinski definition) is 4. The average molecular weight is 259 g/mol. The maximum Gasteiger partial charge on any atom is 0.180 e. The summed E-state index contributed by atoms with van der Waals surface area (Å²) in [6.45, 7) is 4.53. The molecule has 0 aromatic carbocycles. The SMILES string of the molecule is CCC1CCC(C)N1c1nc(NC)cn2ccnc12. The van der Waals surface area contributed by atoms with Gasteiger partial charge in [0, 0.05) is 31.5 Å². The van der Waals surface area contributed by atoms with Gasteiger partial charge in [0.05, 0.1) is 6.20 Å². The number of fused-ring (bicyclic) bond motifs is 1. The van der Waals surface area contributed by atoms with Gasteiger partial charge in [-0.05, 0) is 26.2 Å². The number of nitrogens with zero attached hydrogens (tertiary/aromatic N) is 4. The van der Waals surface area contributed by atoms with Crippen LogP contribution in [0.15, 0.2) is 18.6 Å². The van der Waals surface area contributed by atoms with Crippen LogP contribution in [-0.4, -0.2) is 33.5 Å². The number of imidazole rings is 1. The molecule has 2 aromatic heterocycles. The number of aromatic nitrogens is 3. The van der Waals surface area contributed by atoms with E-state index in [1.54, 1.807) is 0 Å². The fourth-order valence-corrected chi connectivity index (χ4v) is 3.06. The molecule has 0 bridgehead atoms. The third-order valence-corrected chi connectivity index (χ3v) is 4.11. The van der Waals surface area contributed by atoms with E-state index >= 15 is 0 Å². The van der Waals surface area contributed by atoms with Crippen molar-refractivity contribution in [3.63, 3.8) is 0 Å². The van der Waals surface area contributed by atoms with E-state index in [9.17, 15) is 0 Å². The second-order valence-corrected chi connectivity index (χ2v) is 5.25. The van der Waals surface area contributed by atoms with Crippen LogP contribution in [0.2, 0.25) is 0 Å². The lowest BCUT2D eigenvalue weighted by atomic mass is 10.1. The van der Waals surface area contributed by atoms with Gasteiger partial charge in [0.15, 0.2) is 11.5 Å². The van der Waals surface area contributed by atoms with Crippen molar-refractivity contribution in [1.29, 1.82) is 0 Å². The van der Waals surface area contributed by atoms with Crippen molar-refractivity contribution in [2.24, 2.45) is 0 Å². The average Bonchev–Trinajstić information content (AvgIpc) is 3.03. The molecule has 0 aliphatic carbocycles. The van der Waals surface area contributed by atoms with Gasteiger partial charge in [0.2, 0.25) is 0 Å². The normalized spacial score (nSPS) is 23.2. The first-order valence-corrected chi connectivity index (χ1v) is 7.04. The molecule has 19 heavy (non-hydrogen) atoms. The van der Waals surface area contributed by atoms with Crippen LogP contribution < -0.4 is 10.2 Å². The smallest absolute Gasteiger partial charge is 0.180 e. The summed E-state index contributed by atoms with van der Waals surface area (Å²) in [6.07, 6.45) is 9.42. The maximum absolute atomic E-state index is 4.75. The highest BCUT2D eigenvalue weighted by Crippen LogP contribution is 2.33. The summed E-state index contributed by atoms with van der Waals surface area (Å²) in [5, 5.41) is 3.13. The Bertz CT molecular complexity index is 576. The molecule has 0 saturated carbocycles. The van der Waals surface area contributed by atoms with Crippen molar-refractivity contribution in [2.45, 2.75) is 45.2 Å². The lowest BCUT2D eigenvalue weighted by molar-refractivity contribution is 0.622. The zero-order chi connectivity index (χ0) is 13.4. The lowest BCUT2D eigenvalue weighted by Crippen LogP contribution is -2.35. The van der Waals surface area contributed by atoms with E-state index in [4.69, 9.17) is 4.98 Å². The standard InChI is InChI=1S/C14H21N5/c1-4-11-6-5-10(2)19(11)14-13-16-7-8-18(13)9-12(15-3)17-14/h7-11,15H,4-6H2,1-3H3. The zero-order valence-electron chi connectivity index (χ0n) is 11.8. The first-order valence-electron chi connectivity index (χ1n) is 7.04. The van der Waals surface area contributed by atoms with Crippen LogP contribution in [0.25, 0.3) is 5.65 Å². The minimum absolute atomic E-state index is 0.532. The molecule has 2 aromatic rings. The first kappa shape index (κ1) is 12.3. The lowest BCUT2D eigenvalue weighted by Gasteiger charge is -2.29. The predicted octanol–water partition coefficient (Wildman–Crippen LogP) is 2.54. The summed E-state index contributed by atoms with van der Waals surface area (Å²) in [5.41, 5.74) is 0.950. The van der Waals surface area contributed by atoms with E-state index in [2.05, 4.69) is 29.0 Å². The van der Waals surface area contributed by atoms with Crippen LogP contribution in [-0.2, 0) is 0 Å². The van der Waals surface area contributed by atoms with Crippen molar-refractivity contribution < 1.29 is 0 Å². The van der Waals surface area contributed by atoms with E-state index in [1.807, 2.05) is 30.0 Å². The number of hydrogen-bond donors (Lipinski definition) is 1. The fourth-order valence-electron chi connectivity index (χ4n) is 3.06. The number of rotatable bonds is 3. The van der Waals surface area contributed by atoms with Crippen LogP contribution >= 0.6 is 0 Å². The molecular weight excluding hydrogens is 238 g/mol. The highest BCUT2D eigenvalue weighted by atomic mass is 15.3. The molecule has 102 valence electrons. The second-order valence-electron chi connectivity index (χ2n) is 5.25. The molecule has 0 amide bonds. The van der Waals surface area contributed by atoms with E-state index in [1.165, 1.54) is 12.8 Å². The molecule has 1 aliphatic rings. The summed E-state index contributed by atoms with van der Waals surface area (Å²) in [5.74, 6) is 1.89. The highest BCUT2D eigenvalue weighted by Gasteiger charge is 2.32. The quantitative estimate of drug-likeness (QED) is 0.920. The molecule has 2 unspecified atom stereocenters. The Morgan fingerprint density at radius 1 is 1.42 bits per heavy atom. The van der Waals surface area contributed by atoms with Crippen molar-refractivity contribution in [3.8, 4) is 0 Å². The van der Waals surface area contributed by atoms with Crippen LogP contribution in [0.4, 0.5) is 11.6 Å². The molecule has 3 rings (SSSR count). The molecule has 0 spiro atoms. The van der Waals surface area contributed by atoms with Crippen LogP contribution in [0.1, 0.15) is 33.1 Å². The van der Waals surface area contributed by atoms with Gasteiger partial charge in [0.1, 0.15) is 5.82 Å². The monoisotopic (exact) mass is 259 g/mol. The van der Waals surface area contributed by atoms with Crippen molar-refractivity contribution in [2.75, 3.05) is 17.3 Å². The molecule has 1 saturated heterocycles. The van der Waals surface area contributed by atoms with Crippen molar-refractivity contribution in [1.82, 2.24) is 14.4 Å². The summed E-state index contributed by atoms with van der Waals surface area (Å²) in [6, 6.07) is 1.11. The van der Waals surface area contributed by atoms with Crippen molar-refractivity contribution >= 4 is 17.3 Å². The van der Waals surface area contributed by atoms with Gasteiger partial charge in [0.25, 0.3) is 0 Å². The minimum Gasteiger partial charge on any atom is -0.372 e. The fraction of sp³-hybridized carbons (Fsp3) is 0.571. The van der Waals surface area contributed by atoms with Crippen molar-refractivity contribution in [3.05, 3.63) is 18.6 Å². The van der Waals surface area contributed by atoms with Gasteiger partial charge in [-0.15, -0.1) is 0 Å². The Balaban J connectivity index is 2.14. The van der Waals surface area contributed by atoms with Gasteiger partial charge in [-0.1, -0.05) is 6.92 Å². The molecule has 1 fully saturated rings. The summed E-state index contributed by atoms with van der Waals surface area (Å²) in [7, 11) is 1.90. The Kier molecular flexibility index (Phi) is 3.05. The Hall–Kier alpha value is -1.78. The molecule has 5 nitrogen and oxygen atoms in total. The van der Waals surface area contributed by atoms with Gasteiger partial charge in [-0.25, -0.2) is 9.97 Å². The molecule has 2 atom stereocenters. The van der Waals surface area contributed by atoms with E-state index < -0.39 is 0 Å². The molecule has 1 N–H and O–H groups in total. The van der Waals surface area contributed by atoms with Crippen LogP contribution in [0.5, 0.6) is 0 Å². The van der Waals surface area contributed by atoms with E-state index in [0.29, 0.717) is 12.1 Å². The number of nitrogens with one attached hydrogen (secondary N) is 1. The largest absolute Gasteiger partial charge is 0.372 e. The van der Waals surface area contributed by atoms with E-state index in [0.717, 1.165) is 23.7 Å². The molecule has 3 heterocycles. The Morgan fingerprint density at radius 2 is 2.26 bits per heavy atom. The summed E-state index contributed by atoms with van der Waals surface area (Å²) in [4.78, 5) is 11.7. The predicted molar refractivity (Wildman–Crippen MR) is 77.8 cm³/mol. The van der Waals surface area contributed by atoms with Crippen LogP contribution in [0.3, 0.4) is 0 Å². The van der Waals surface area contributed by atoms with Crippen LogP contribution in [0, 0.1) is 0 Å². The maximum atomic E-state index is 4.75. The van der Waals surface area contributed by atoms with Gasteiger partial charge < -0.3 is 14.6 Å². The molecule has 0 radical (unpaired) electrons. The minimum atomic E-state index is 0.532.